The van der Waals surface area contributed by atoms with E-state index < -0.39 is 30.2 Å². The number of hydrogen-bond acceptors (Lipinski definition) is 4. The Morgan fingerprint density at radius 1 is 0.900 bits per heavy atom. The van der Waals surface area contributed by atoms with E-state index in [1.54, 1.807) is 30.3 Å². The summed E-state index contributed by atoms with van der Waals surface area (Å²) in [5.41, 5.74) is 1.94. The fraction of sp³-hybridized carbons (Fsp3) is 0.273. The largest absolute Gasteiger partial charge is 0.285 e. The summed E-state index contributed by atoms with van der Waals surface area (Å²) in [5.74, 6) is 0. The summed E-state index contributed by atoms with van der Waals surface area (Å²) in [6, 6.07) is 19.0. The third-order valence-electron chi connectivity index (χ3n) is 4.96. The van der Waals surface area contributed by atoms with Gasteiger partial charge in [-0.3, -0.25) is 9.11 Å². The van der Waals surface area contributed by atoms with Crippen LogP contribution in [0.25, 0.3) is 12.2 Å². The van der Waals surface area contributed by atoms with Crippen molar-refractivity contribution >= 4 is 32.4 Å². The second kappa shape index (κ2) is 10.2. The van der Waals surface area contributed by atoms with Crippen molar-refractivity contribution in [2.75, 3.05) is 0 Å². The highest BCUT2D eigenvalue weighted by molar-refractivity contribution is 7.87. The Labute approximate surface area is 178 Å². The number of rotatable bonds is 8. The summed E-state index contributed by atoms with van der Waals surface area (Å²) in [5, 5.41) is -1.20. The maximum atomic E-state index is 11.4. The summed E-state index contributed by atoms with van der Waals surface area (Å²) in [7, 11) is -8.54. The lowest BCUT2D eigenvalue weighted by Crippen LogP contribution is -2.26. The third kappa shape index (κ3) is 7.21. The first-order valence-electron chi connectivity index (χ1n) is 9.41. The fourth-order valence-electron chi connectivity index (χ4n) is 2.90. The van der Waals surface area contributed by atoms with E-state index in [1.165, 1.54) is 11.6 Å². The normalized spacial score (nSPS) is 16.3. The van der Waals surface area contributed by atoms with Gasteiger partial charge in [0.1, 0.15) is 5.25 Å². The van der Waals surface area contributed by atoms with Gasteiger partial charge in [0, 0.05) is 0 Å². The summed E-state index contributed by atoms with van der Waals surface area (Å²) < 4.78 is 62.6. The molecule has 30 heavy (non-hydrogen) atoms. The highest BCUT2D eigenvalue weighted by atomic mass is 32.2. The van der Waals surface area contributed by atoms with Crippen LogP contribution in [0, 0.1) is 0 Å². The van der Waals surface area contributed by atoms with Crippen molar-refractivity contribution in [1.29, 1.82) is 0 Å². The summed E-state index contributed by atoms with van der Waals surface area (Å²) in [6.45, 7) is 3.63. The van der Waals surface area contributed by atoms with E-state index in [0.29, 0.717) is 12.8 Å². The van der Waals surface area contributed by atoms with Gasteiger partial charge < -0.3 is 0 Å². The van der Waals surface area contributed by atoms with E-state index >= 15 is 0 Å². The Kier molecular flexibility index (Phi) is 8.14. The van der Waals surface area contributed by atoms with Crippen molar-refractivity contribution in [3.8, 4) is 0 Å². The first-order chi connectivity index (χ1) is 14.1. The Morgan fingerprint density at radius 2 is 1.40 bits per heavy atom. The lowest BCUT2D eigenvalue weighted by atomic mass is 10.1. The van der Waals surface area contributed by atoms with Crippen LogP contribution in [0.2, 0.25) is 0 Å². The van der Waals surface area contributed by atoms with Gasteiger partial charge in [0.15, 0.2) is 0 Å². The smallest absolute Gasteiger partial charge is 0.271 e. The Hall–Kier alpha value is -2.26. The molecule has 2 N–H and O–H groups in total. The van der Waals surface area contributed by atoms with Crippen molar-refractivity contribution in [2.45, 2.75) is 35.7 Å². The molecule has 0 radical (unpaired) electrons. The van der Waals surface area contributed by atoms with Crippen molar-refractivity contribution in [2.24, 2.45) is 0 Å². The predicted molar refractivity (Wildman–Crippen MR) is 120 cm³/mol. The molecule has 0 bridgehead atoms. The molecule has 0 aromatic heterocycles. The molecule has 6 nitrogen and oxygen atoms in total. The highest BCUT2D eigenvalue weighted by Gasteiger charge is 2.53. The van der Waals surface area contributed by atoms with Gasteiger partial charge >= 0.3 is 0 Å². The first-order valence-corrected chi connectivity index (χ1v) is 12.4. The molecule has 0 saturated heterocycles. The van der Waals surface area contributed by atoms with Gasteiger partial charge in [-0.2, -0.15) is 16.8 Å². The fourth-order valence-corrected chi connectivity index (χ4v) is 4.58. The Morgan fingerprint density at radius 3 is 1.77 bits per heavy atom. The van der Waals surface area contributed by atoms with E-state index in [4.69, 9.17) is 0 Å². The van der Waals surface area contributed by atoms with Gasteiger partial charge in [-0.05, 0) is 36.8 Å². The summed E-state index contributed by atoms with van der Waals surface area (Å²) in [4.78, 5) is 0. The molecule has 1 fully saturated rings. The molecule has 1 aliphatic rings. The van der Waals surface area contributed by atoms with E-state index in [0.717, 1.165) is 5.56 Å². The molecule has 8 heteroatoms. The highest BCUT2D eigenvalue weighted by Crippen LogP contribution is 2.47. The Balaban J connectivity index is 0.000000335. The molecule has 2 aromatic carbocycles. The number of hydrogen-bond donors (Lipinski definition) is 2. The average Bonchev–Trinajstić information content (AvgIpc) is 3.50. The van der Waals surface area contributed by atoms with Crippen molar-refractivity contribution in [3.63, 3.8) is 0 Å². The van der Waals surface area contributed by atoms with E-state index in [1.807, 2.05) is 42.5 Å². The molecular formula is C22H26O6S2. The summed E-state index contributed by atoms with van der Waals surface area (Å²) >= 11 is 0. The maximum absolute atomic E-state index is 11.4. The molecular weight excluding hydrogens is 424 g/mol. The third-order valence-corrected chi connectivity index (χ3v) is 7.82. The zero-order valence-electron chi connectivity index (χ0n) is 16.5. The Bertz CT molecular complexity index is 1060. The SMILES string of the molecule is C=Cc1ccccc1.O=S(=O)(O)C(C=Cc1ccccc1)CCC1(S(=O)(=O)O)CC1. The molecule has 162 valence electrons. The lowest BCUT2D eigenvalue weighted by molar-refractivity contribution is 0.447. The van der Waals surface area contributed by atoms with Gasteiger partial charge in [0.2, 0.25) is 0 Å². The van der Waals surface area contributed by atoms with E-state index in [2.05, 4.69) is 6.58 Å². The van der Waals surface area contributed by atoms with Gasteiger partial charge in [0.05, 0.1) is 4.75 Å². The van der Waals surface area contributed by atoms with Crippen LogP contribution < -0.4 is 0 Å². The van der Waals surface area contributed by atoms with Crippen LogP contribution >= 0.6 is 0 Å². The molecule has 0 spiro atoms. The van der Waals surface area contributed by atoms with E-state index in [-0.39, 0.29) is 12.8 Å². The van der Waals surface area contributed by atoms with Gasteiger partial charge in [0.25, 0.3) is 20.2 Å². The predicted octanol–water partition coefficient (Wildman–Crippen LogP) is 4.49. The standard InChI is InChI=1S/C14H18O6S2.C8H8/c15-21(16,17)13(7-6-12-4-2-1-3-5-12)8-9-14(10-11-14)22(18,19)20;1-2-8-6-4-3-5-7-8/h1-7,13H,8-11H2,(H,15,16,17)(H,18,19,20);2-7H,1H2. The van der Waals surface area contributed by atoms with Crippen molar-refractivity contribution in [1.82, 2.24) is 0 Å². The van der Waals surface area contributed by atoms with Crippen LogP contribution in [-0.4, -0.2) is 35.9 Å². The number of benzene rings is 2. The molecule has 3 rings (SSSR count). The van der Waals surface area contributed by atoms with Crippen LogP contribution in [0.5, 0.6) is 0 Å². The molecule has 0 heterocycles. The zero-order valence-corrected chi connectivity index (χ0v) is 18.1. The van der Waals surface area contributed by atoms with Gasteiger partial charge in [-0.1, -0.05) is 85.5 Å². The second-order valence-corrected chi connectivity index (χ2v) is 10.6. The average molecular weight is 451 g/mol. The van der Waals surface area contributed by atoms with Crippen LogP contribution in [-0.2, 0) is 20.2 Å². The maximum Gasteiger partial charge on any atom is 0.271 e. The van der Waals surface area contributed by atoms with Gasteiger partial charge in [-0.15, -0.1) is 0 Å². The minimum Gasteiger partial charge on any atom is -0.285 e. The molecule has 1 saturated carbocycles. The monoisotopic (exact) mass is 450 g/mol. The van der Waals surface area contributed by atoms with Crippen molar-refractivity contribution in [3.05, 3.63) is 84.4 Å². The van der Waals surface area contributed by atoms with Crippen molar-refractivity contribution < 1.29 is 25.9 Å². The molecule has 2 aromatic rings. The summed E-state index contributed by atoms with van der Waals surface area (Å²) in [6.07, 6.45) is 5.28. The molecule has 0 aliphatic heterocycles. The van der Waals surface area contributed by atoms with Crippen LogP contribution in [0.15, 0.2) is 73.3 Å². The van der Waals surface area contributed by atoms with Crippen LogP contribution in [0.4, 0.5) is 0 Å². The molecule has 1 unspecified atom stereocenters. The first kappa shape index (κ1) is 24.0. The second-order valence-electron chi connectivity index (χ2n) is 7.13. The topological polar surface area (TPSA) is 109 Å². The zero-order chi connectivity index (χ0) is 22.3. The minimum atomic E-state index is -4.34. The minimum absolute atomic E-state index is 0.00454. The van der Waals surface area contributed by atoms with Crippen LogP contribution in [0.1, 0.15) is 36.8 Å². The lowest BCUT2D eigenvalue weighted by Gasteiger charge is -2.14. The van der Waals surface area contributed by atoms with Gasteiger partial charge in [-0.25, -0.2) is 0 Å². The molecule has 1 atom stereocenters. The van der Waals surface area contributed by atoms with E-state index in [9.17, 15) is 25.9 Å². The molecule has 1 aliphatic carbocycles. The quantitative estimate of drug-likeness (QED) is 0.574. The molecule has 0 amide bonds. The van der Waals surface area contributed by atoms with Crippen LogP contribution in [0.3, 0.4) is 0 Å².